The fourth-order valence-corrected chi connectivity index (χ4v) is 2.94. The summed E-state index contributed by atoms with van der Waals surface area (Å²) >= 11 is 1.89. The molecule has 2 nitrogen and oxygen atoms in total. The van der Waals surface area contributed by atoms with E-state index in [1.165, 1.54) is 38.5 Å². The number of methoxy groups -OCH3 is 1. The maximum absolute atomic E-state index is 11.2. The summed E-state index contributed by atoms with van der Waals surface area (Å²) < 4.78 is 4.71. The molecule has 0 fully saturated rings. The molecular formula is C13H26O2S. The van der Waals surface area contributed by atoms with Crippen molar-refractivity contribution in [2.45, 2.75) is 46.5 Å². The number of esters is 1. The Morgan fingerprint density at radius 3 is 2.50 bits per heavy atom. The molecule has 0 spiro atoms. The Labute approximate surface area is 105 Å². The van der Waals surface area contributed by atoms with E-state index in [0.29, 0.717) is 0 Å². The number of carbonyl (C=O) groups excluding carboxylic acids is 1. The zero-order valence-electron chi connectivity index (χ0n) is 11.1. The summed E-state index contributed by atoms with van der Waals surface area (Å²) in [7, 11) is 1.46. The lowest BCUT2D eigenvalue weighted by molar-refractivity contribution is -0.143. The third-order valence-electron chi connectivity index (χ3n) is 2.87. The van der Waals surface area contributed by atoms with Crippen molar-refractivity contribution in [2.75, 3.05) is 18.6 Å². The lowest BCUT2D eigenvalue weighted by atomic mass is 10.0. The van der Waals surface area contributed by atoms with Crippen LogP contribution in [0.1, 0.15) is 46.5 Å². The first-order chi connectivity index (χ1) is 7.65. The molecule has 0 aromatic rings. The molecule has 0 amide bonds. The number of thioether (sulfide) groups is 1. The topological polar surface area (TPSA) is 26.3 Å². The summed E-state index contributed by atoms with van der Waals surface area (Å²) in [5, 5.41) is 0. The molecule has 16 heavy (non-hydrogen) atoms. The molecule has 3 heteroatoms. The van der Waals surface area contributed by atoms with E-state index >= 15 is 0 Å². The van der Waals surface area contributed by atoms with Crippen molar-refractivity contribution in [1.29, 1.82) is 0 Å². The van der Waals surface area contributed by atoms with Gasteiger partial charge in [0, 0.05) is 5.75 Å². The quantitative estimate of drug-likeness (QED) is 0.580. The number of rotatable bonds is 9. The van der Waals surface area contributed by atoms with Gasteiger partial charge in [-0.15, -0.1) is 0 Å². The standard InChI is InChI=1S/C13H26O2S/c1-5-7-8-12(6-2)10-16-9-11(3)13(14)15-4/h11-12H,5-10H2,1-4H3. The normalized spacial score (nSPS) is 14.5. The molecule has 0 aromatic heterocycles. The van der Waals surface area contributed by atoms with E-state index in [9.17, 15) is 4.79 Å². The SMILES string of the molecule is CCCCC(CC)CSCC(C)C(=O)OC. The molecule has 2 unspecified atom stereocenters. The number of hydrogen-bond acceptors (Lipinski definition) is 3. The van der Waals surface area contributed by atoms with E-state index < -0.39 is 0 Å². The van der Waals surface area contributed by atoms with Crippen LogP contribution in [0.25, 0.3) is 0 Å². The second-order valence-corrected chi connectivity index (χ2v) is 5.45. The van der Waals surface area contributed by atoms with Crippen LogP contribution in [0.15, 0.2) is 0 Å². The lowest BCUT2D eigenvalue weighted by Crippen LogP contribution is -2.16. The van der Waals surface area contributed by atoms with E-state index in [1.807, 2.05) is 18.7 Å². The van der Waals surface area contributed by atoms with Crippen LogP contribution in [0.4, 0.5) is 0 Å². The number of hydrogen-bond donors (Lipinski definition) is 0. The fraction of sp³-hybridized carbons (Fsp3) is 0.923. The first-order valence-electron chi connectivity index (χ1n) is 6.31. The maximum Gasteiger partial charge on any atom is 0.309 e. The summed E-state index contributed by atoms with van der Waals surface area (Å²) in [6, 6.07) is 0. The van der Waals surface area contributed by atoms with Crippen LogP contribution in [0.2, 0.25) is 0 Å². The van der Waals surface area contributed by atoms with Gasteiger partial charge in [-0.3, -0.25) is 4.79 Å². The average molecular weight is 246 g/mol. The van der Waals surface area contributed by atoms with Crippen LogP contribution < -0.4 is 0 Å². The maximum atomic E-state index is 11.2. The average Bonchev–Trinajstić information content (AvgIpc) is 2.32. The Kier molecular flexibility index (Phi) is 9.89. The number of unbranched alkanes of at least 4 members (excludes halogenated alkanes) is 1. The Morgan fingerprint density at radius 1 is 1.31 bits per heavy atom. The molecule has 0 aromatic carbocycles. The smallest absolute Gasteiger partial charge is 0.309 e. The van der Waals surface area contributed by atoms with Crippen molar-refractivity contribution in [3.63, 3.8) is 0 Å². The molecule has 2 atom stereocenters. The molecule has 0 aliphatic carbocycles. The van der Waals surface area contributed by atoms with Crippen molar-refractivity contribution in [3.8, 4) is 0 Å². The number of ether oxygens (including phenoxy) is 1. The van der Waals surface area contributed by atoms with Gasteiger partial charge in [-0.2, -0.15) is 11.8 Å². The number of carbonyl (C=O) groups is 1. The van der Waals surface area contributed by atoms with Gasteiger partial charge in [-0.25, -0.2) is 0 Å². The van der Waals surface area contributed by atoms with Gasteiger partial charge < -0.3 is 4.74 Å². The first kappa shape index (κ1) is 15.8. The molecule has 0 saturated heterocycles. The Balaban J connectivity index is 3.64. The van der Waals surface area contributed by atoms with Crippen molar-refractivity contribution in [2.24, 2.45) is 11.8 Å². The molecule has 0 heterocycles. The predicted molar refractivity (Wildman–Crippen MR) is 71.8 cm³/mol. The van der Waals surface area contributed by atoms with Gasteiger partial charge in [0.25, 0.3) is 0 Å². The van der Waals surface area contributed by atoms with Crippen molar-refractivity contribution >= 4 is 17.7 Å². The van der Waals surface area contributed by atoms with Gasteiger partial charge in [-0.1, -0.05) is 40.0 Å². The van der Waals surface area contributed by atoms with E-state index in [4.69, 9.17) is 4.74 Å². The highest BCUT2D eigenvalue weighted by atomic mass is 32.2. The van der Waals surface area contributed by atoms with Crippen molar-refractivity contribution in [3.05, 3.63) is 0 Å². The van der Waals surface area contributed by atoms with Crippen molar-refractivity contribution < 1.29 is 9.53 Å². The van der Waals surface area contributed by atoms with Crippen molar-refractivity contribution in [1.82, 2.24) is 0 Å². The molecule has 0 N–H and O–H groups in total. The molecule has 96 valence electrons. The summed E-state index contributed by atoms with van der Waals surface area (Å²) in [4.78, 5) is 11.2. The zero-order valence-corrected chi connectivity index (χ0v) is 11.9. The summed E-state index contributed by atoms with van der Waals surface area (Å²) in [6.07, 6.45) is 5.18. The third-order valence-corrected chi connectivity index (χ3v) is 4.31. The van der Waals surface area contributed by atoms with E-state index in [2.05, 4.69) is 13.8 Å². The lowest BCUT2D eigenvalue weighted by Gasteiger charge is -2.15. The van der Waals surface area contributed by atoms with Crippen LogP contribution in [-0.2, 0) is 9.53 Å². The van der Waals surface area contributed by atoms with E-state index in [0.717, 1.165) is 11.7 Å². The van der Waals surface area contributed by atoms with Crippen LogP contribution in [0, 0.1) is 11.8 Å². The largest absolute Gasteiger partial charge is 0.469 e. The second-order valence-electron chi connectivity index (χ2n) is 4.38. The minimum absolute atomic E-state index is 0.0266. The Hall–Kier alpha value is -0.180. The van der Waals surface area contributed by atoms with E-state index in [-0.39, 0.29) is 11.9 Å². The minimum atomic E-state index is -0.0888. The Bertz CT molecular complexity index is 183. The monoisotopic (exact) mass is 246 g/mol. The molecule has 0 saturated carbocycles. The fourth-order valence-electron chi connectivity index (χ4n) is 1.58. The highest BCUT2D eigenvalue weighted by Crippen LogP contribution is 2.20. The van der Waals surface area contributed by atoms with Gasteiger partial charge in [0.1, 0.15) is 0 Å². The van der Waals surface area contributed by atoms with Crippen LogP contribution in [-0.4, -0.2) is 24.6 Å². The first-order valence-corrected chi connectivity index (χ1v) is 7.46. The summed E-state index contributed by atoms with van der Waals surface area (Å²) in [5.41, 5.74) is 0. The van der Waals surface area contributed by atoms with Gasteiger partial charge in [0.15, 0.2) is 0 Å². The van der Waals surface area contributed by atoms with Gasteiger partial charge >= 0.3 is 5.97 Å². The molecule has 0 rings (SSSR count). The minimum Gasteiger partial charge on any atom is -0.469 e. The molecule has 0 aliphatic rings. The highest BCUT2D eigenvalue weighted by Gasteiger charge is 2.14. The second kappa shape index (κ2) is 10.0. The van der Waals surface area contributed by atoms with Crippen LogP contribution in [0.3, 0.4) is 0 Å². The van der Waals surface area contributed by atoms with Gasteiger partial charge in [0.2, 0.25) is 0 Å². The Morgan fingerprint density at radius 2 is 2.00 bits per heavy atom. The third kappa shape index (κ3) is 7.15. The van der Waals surface area contributed by atoms with E-state index in [1.54, 1.807) is 0 Å². The van der Waals surface area contributed by atoms with Crippen LogP contribution >= 0.6 is 11.8 Å². The molecule has 0 aliphatic heterocycles. The summed E-state index contributed by atoms with van der Waals surface area (Å²) in [5.74, 6) is 2.82. The summed E-state index contributed by atoms with van der Waals surface area (Å²) in [6.45, 7) is 6.43. The highest BCUT2D eigenvalue weighted by molar-refractivity contribution is 7.99. The predicted octanol–water partition coefficient (Wildman–Crippen LogP) is 3.75. The van der Waals surface area contributed by atoms with Gasteiger partial charge in [-0.05, 0) is 18.1 Å². The van der Waals surface area contributed by atoms with Crippen LogP contribution in [0.5, 0.6) is 0 Å². The zero-order chi connectivity index (χ0) is 12.4. The molecular weight excluding hydrogens is 220 g/mol. The molecule has 0 bridgehead atoms. The molecule has 0 radical (unpaired) electrons. The van der Waals surface area contributed by atoms with Gasteiger partial charge in [0.05, 0.1) is 13.0 Å².